The molecule has 7 heteroatoms. The van der Waals surface area contributed by atoms with Crippen LogP contribution in [-0.2, 0) is 11.0 Å². The van der Waals surface area contributed by atoms with E-state index in [2.05, 4.69) is 0 Å². The van der Waals surface area contributed by atoms with E-state index in [-0.39, 0.29) is 6.54 Å². The summed E-state index contributed by atoms with van der Waals surface area (Å²) in [6.45, 7) is 0.763. The van der Waals surface area contributed by atoms with E-state index in [1.807, 2.05) is 4.90 Å². The Morgan fingerprint density at radius 3 is 2.37 bits per heavy atom. The van der Waals surface area contributed by atoms with Crippen molar-refractivity contribution in [1.29, 1.82) is 0 Å². The van der Waals surface area contributed by atoms with E-state index in [1.54, 1.807) is 18.2 Å². The molecule has 0 saturated carbocycles. The molecule has 1 fully saturated rings. The standard InChI is InChI=1S/C20H19F4NO2/c21-17-6-2-1-5-16(17)18(25-11-3-4-14(12-25)19(26)27)13-7-9-15(10-8-13)20(22,23)24/h1-2,5-10,14,18H,3-4,11-12H2,(H,26,27). The van der Waals surface area contributed by atoms with Crippen molar-refractivity contribution < 1.29 is 27.5 Å². The van der Waals surface area contributed by atoms with Crippen molar-refractivity contribution in [3.05, 3.63) is 71.0 Å². The molecule has 1 heterocycles. The Hall–Kier alpha value is -2.41. The minimum absolute atomic E-state index is 0.218. The fraction of sp³-hybridized carbons (Fsp3) is 0.350. The van der Waals surface area contributed by atoms with E-state index in [0.29, 0.717) is 30.5 Å². The molecular formula is C20H19F4NO2. The number of carbonyl (C=O) groups is 1. The molecule has 1 saturated heterocycles. The second-order valence-electron chi connectivity index (χ2n) is 6.72. The first-order valence-corrected chi connectivity index (χ1v) is 8.66. The van der Waals surface area contributed by atoms with Crippen molar-refractivity contribution in [3.63, 3.8) is 0 Å². The van der Waals surface area contributed by atoms with Gasteiger partial charge in [0.1, 0.15) is 5.82 Å². The number of halogens is 4. The molecule has 0 bridgehead atoms. The molecule has 2 aromatic carbocycles. The molecular weight excluding hydrogens is 362 g/mol. The maximum Gasteiger partial charge on any atom is 0.416 e. The lowest BCUT2D eigenvalue weighted by atomic mass is 9.91. The van der Waals surface area contributed by atoms with Gasteiger partial charge in [-0.2, -0.15) is 13.2 Å². The number of nitrogens with zero attached hydrogens (tertiary/aromatic N) is 1. The summed E-state index contributed by atoms with van der Waals surface area (Å²) in [6.07, 6.45) is -3.29. The summed E-state index contributed by atoms with van der Waals surface area (Å²) in [6, 6.07) is 10.1. The number of hydrogen-bond donors (Lipinski definition) is 1. The highest BCUT2D eigenvalue weighted by molar-refractivity contribution is 5.70. The van der Waals surface area contributed by atoms with Crippen molar-refractivity contribution in [1.82, 2.24) is 4.90 Å². The van der Waals surface area contributed by atoms with Crippen LogP contribution in [0.2, 0.25) is 0 Å². The Labute approximate surface area is 154 Å². The first kappa shape index (κ1) is 19.4. The van der Waals surface area contributed by atoms with Crippen LogP contribution in [0.1, 0.15) is 35.6 Å². The van der Waals surface area contributed by atoms with Gasteiger partial charge >= 0.3 is 12.1 Å². The van der Waals surface area contributed by atoms with Gasteiger partial charge in [-0.1, -0.05) is 30.3 Å². The van der Waals surface area contributed by atoms with Gasteiger partial charge in [0, 0.05) is 12.1 Å². The second kappa shape index (κ2) is 7.68. The van der Waals surface area contributed by atoms with E-state index in [0.717, 1.165) is 12.1 Å². The van der Waals surface area contributed by atoms with Gasteiger partial charge in [-0.3, -0.25) is 9.69 Å². The van der Waals surface area contributed by atoms with Crippen LogP contribution in [0, 0.1) is 11.7 Å². The molecule has 2 unspecified atom stereocenters. The molecule has 0 aliphatic carbocycles. The van der Waals surface area contributed by atoms with Crippen molar-refractivity contribution in [2.24, 2.45) is 5.92 Å². The topological polar surface area (TPSA) is 40.5 Å². The minimum Gasteiger partial charge on any atom is -0.481 e. The first-order valence-electron chi connectivity index (χ1n) is 8.66. The number of piperidine rings is 1. The van der Waals surface area contributed by atoms with Crippen LogP contribution in [0.15, 0.2) is 48.5 Å². The van der Waals surface area contributed by atoms with Gasteiger partial charge < -0.3 is 5.11 Å². The molecule has 144 valence electrons. The highest BCUT2D eigenvalue weighted by Gasteiger charge is 2.34. The van der Waals surface area contributed by atoms with Crippen molar-refractivity contribution in [2.45, 2.75) is 25.1 Å². The van der Waals surface area contributed by atoms with Crippen molar-refractivity contribution in [3.8, 4) is 0 Å². The number of alkyl halides is 3. The van der Waals surface area contributed by atoms with Crippen LogP contribution < -0.4 is 0 Å². The summed E-state index contributed by atoms with van der Waals surface area (Å²) in [5, 5.41) is 9.33. The third kappa shape index (κ3) is 4.30. The number of aliphatic carboxylic acids is 1. The monoisotopic (exact) mass is 381 g/mol. The van der Waals surface area contributed by atoms with E-state index in [4.69, 9.17) is 0 Å². The number of hydrogen-bond acceptors (Lipinski definition) is 2. The van der Waals surface area contributed by atoms with E-state index >= 15 is 0 Å². The number of likely N-dealkylation sites (tertiary alicyclic amines) is 1. The Morgan fingerprint density at radius 2 is 1.78 bits per heavy atom. The largest absolute Gasteiger partial charge is 0.481 e. The molecule has 0 aromatic heterocycles. The predicted octanol–water partition coefficient (Wildman–Crippen LogP) is 4.73. The third-order valence-electron chi connectivity index (χ3n) is 4.92. The van der Waals surface area contributed by atoms with Crippen molar-refractivity contribution in [2.75, 3.05) is 13.1 Å². The number of rotatable bonds is 4. The quantitative estimate of drug-likeness (QED) is 0.779. The van der Waals surface area contributed by atoms with Gasteiger partial charge in [0.25, 0.3) is 0 Å². The second-order valence-corrected chi connectivity index (χ2v) is 6.72. The van der Waals surface area contributed by atoms with Crippen LogP contribution >= 0.6 is 0 Å². The summed E-state index contributed by atoms with van der Waals surface area (Å²) >= 11 is 0. The lowest BCUT2D eigenvalue weighted by Crippen LogP contribution is -2.41. The zero-order chi connectivity index (χ0) is 19.6. The van der Waals surface area contributed by atoms with Crippen LogP contribution in [-0.4, -0.2) is 29.1 Å². The fourth-order valence-corrected chi connectivity index (χ4v) is 3.58. The molecule has 0 amide bonds. The molecule has 2 aromatic rings. The molecule has 3 rings (SSSR count). The maximum atomic E-state index is 14.5. The average molecular weight is 381 g/mol. The van der Waals surface area contributed by atoms with E-state index in [9.17, 15) is 27.5 Å². The highest BCUT2D eigenvalue weighted by atomic mass is 19.4. The first-order chi connectivity index (χ1) is 12.8. The van der Waals surface area contributed by atoms with Crippen molar-refractivity contribution >= 4 is 5.97 Å². The molecule has 27 heavy (non-hydrogen) atoms. The SMILES string of the molecule is O=C(O)C1CCCN(C(c2ccc(C(F)(F)F)cc2)c2ccccc2F)C1. The third-order valence-corrected chi connectivity index (χ3v) is 4.92. The lowest BCUT2D eigenvalue weighted by Gasteiger charge is -2.37. The summed E-state index contributed by atoms with van der Waals surface area (Å²) in [4.78, 5) is 13.2. The Morgan fingerprint density at radius 1 is 1.11 bits per heavy atom. The molecule has 3 nitrogen and oxygen atoms in total. The average Bonchev–Trinajstić information content (AvgIpc) is 2.63. The van der Waals surface area contributed by atoms with Crippen LogP contribution in [0.3, 0.4) is 0 Å². The van der Waals surface area contributed by atoms with Gasteiger partial charge in [0.05, 0.1) is 17.5 Å². The van der Waals surface area contributed by atoms with E-state index in [1.165, 1.54) is 18.2 Å². The molecule has 2 atom stereocenters. The maximum absolute atomic E-state index is 14.5. The zero-order valence-electron chi connectivity index (χ0n) is 14.4. The summed E-state index contributed by atoms with van der Waals surface area (Å²) in [7, 11) is 0. The highest BCUT2D eigenvalue weighted by Crippen LogP contribution is 2.36. The lowest BCUT2D eigenvalue weighted by molar-refractivity contribution is -0.144. The van der Waals surface area contributed by atoms with Crippen LogP contribution in [0.25, 0.3) is 0 Å². The fourth-order valence-electron chi connectivity index (χ4n) is 3.58. The normalized spacial score (nSPS) is 19.6. The molecule has 1 aliphatic rings. The van der Waals surface area contributed by atoms with Gasteiger partial charge in [0.2, 0.25) is 0 Å². The predicted molar refractivity (Wildman–Crippen MR) is 91.6 cm³/mol. The zero-order valence-corrected chi connectivity index (χ0v) is 14.4. The molecule has 0 spiro atoms. The van der Waals surface area contributed by atoms with Crippen LogP contribution in [0.4, 0.5) is 17.6 Å². The molecule has 1 aliphatic heterocycles. The molecule has 0 radical (unpaired) electrons. The van der Waals surface area contributed by atoms with Crippen LogP contribution in [0.5, 0.6) is 0 Å². The Kier molecular flexibility index (Phi) is 5.51. The van der Waals surface area contributed by atoms with Gasteiger partial charge in [0.15, 0.2) is 0 Å². The summed E-state index contributed by atoms with van der Waals surface area (Å²) in [5.41, 5.74) is 0.0445. The Bertz CT molecular complexity index is 804. The summed E-state index contributed by atoms with van der Waals surface area (Å²) < 4.78 is 53.1. The number of carboxylic acids is 1. The smallest absolute Gasteiger partial charge is 0.416 e. The minimum atomic E-state index is -4.45. The molecule has 1 N–H and O–H groups in total. The van der Waals surface area contributed by atoms with Gasteiger partial charge in [-0.25, -0.2) is 4.39 Å². The van der Waals surface area contributed by atoms with E-state index < -0.39 is 35.5 Å². The van der Waals surface area contributed by atoms with Gasteiger partial charge in [-0.15, -0.1) is 0 Å². The number of benzene rings is 2. The summed E-state index contributed by atoms with van der Waals surface area (Å²) in [5.74, 6) is -1.97. The van der Waals surface area contributed by atoms with Gasteiger partial charge in [-0.05, 0) is 43.1 Å². The number of carboxylic acid groups (broad SMARTS) is 1. The Balaban J connectivity index is 2.00.